The van der Waals surface area contributed by atoms with E-state index in [0.29, 0.717) is 0 Å². The summed E-state index contributed by atoms with van der Waals surface area (Å²) in [6, 6.07) is 0.739. The maximum atomic E-state index is 3.82. The number of rotatable bonds is 4. The predicted molar refractivity (Wildman–Crippen MR) is 77.6 cm³/mol. The lowest BCUT2D eigenvalue weighted by molar-refractivity contribution is 0.438. The van der Waals surface area contributed by atoms with Crippen LogP contribution in [0.2, 0.25) is 0 Å². The van der Waals surface area contributed by atoms with Crippen LogP contribution >= 0.6 is 0 Å². The molecule has 0 aromatic rings. The average molecular weight is 247 g/mol. The molecule has 0 aliphatic heterocycles. The van der Waals surface area contributed by atoms with E-state index in [1.807, 2.05) is 0 Å². The first-order chi connectivity index (χ1) is 8.92. The minimum absolute atomic E-state index is 0.739. The fraction of sp³-hybridized carbons (Fsp3) is 0.882. The van der Waals surface area contributed by atoms with Gasteiger partial charge in [0.2, 0.25) is 0 Å². The van der Waals surface area contributed by atoms with Crippen LogP contribution in [-0.4, -0.2) is 12.6 Å². The number of allylic oxidation sites excluding steroid dienone is 1. The molecule has 0 aromatic heterocycles. The van der Waals surface area contributed by atoms with Gasteiger partial charge >= 0.3 is 0 Å². The SMILES string of the molecule is CCNC(C1=CCCCCCC1)C1C2CCCC21. The molecule has 3 rings (SSSR count). The van der Waals surface area contributed by atoms with Crippen molar-refractivity contribution in [3.63, 3.8) is 0 Å². The molecule has 1 heteroatoms. The Kier molecular flexibility index (Phi) is 4.08. The van der Waals surface area contributed by atoms with Gasteiger partial charge in [0.05, 0.1) is 0 Å². The second-order valence-corrected chi connectivity index (χ2v) is 6.60. The van der Waals surface area contributed by atoms with Crippen molar-refractivity contribution in [3.05, 3.63) is 11.6 Å². The highest BCUT2D eigenvalue weighted by molar-refractivity contribution is 5.20. The van der Waals surface area contributed by atoms with E-state index in [9.17, 15) is 0 Å². The van der Waals surface area contributed by atoms with Crippen molar-refractivity contribution in [2.75, 3.05) is 6.54 Å². The highest BCUT2D eigenvalue weighted by Gasteiger charge is 2.56. The van der Waals surface area contributed by atoms with Crippen molar-refractivity contribution in [3.8, 4) is 0 Å². The Balaban J connectivity index is 1.68. The van der Waals surface area contributed by atoms with Crippen molar-refractivity contribution in [1.82, 2.24) is 5.32 Å². The monoisotopic (exact) mass is 247 g/mol. The summed E-state index contributed by atoms with van der Waals surface area (Å²) in [7, 11) is 0. The summed E-state index contributed by atoms with van der Waals surface area (Å²) < 4.78 is 0. The summed E-state index contributed by atoms with van der Waals surface area (Å²) in [5, 5.41) is 3.82. The van der Waals surface area contributed by atoms with Crippen molar-refractivity contribution < 1.29 is 0 Å². The lowest BCUT2D eigenvalue weighted by Gasteiger charge is -2.25. The third kappa shape index (κ3) is 2.52. The molecular formula is C17H29N. The Morgan fingerprint density at radius 1 is 1.11 bits per heavy atom. The van der Waals surface area contributed by atoms with Crippen LogP contribution < -0.4 is 5.32 Å². The number of hydrogen-bond donors (Lipinski definition) is 1. The first kappa shape index (κ1) is 12.7. The van der Waals surface area contributed by atoms with Crippen LogP contribution in [0.3, 0.4) is 0 Å². The maximum absolute atomic E-state index is 3.82. The average Bonchev–Trinajstić information content (AvgIpc) is 2.80. The van der Waals surface area contributed by atoms with E-state index in [1.54, 1.807) is 5.57 Å². The topological polar surface area (TPSA) is 12.0 Å². The molecule has 3 aliphatic carbocycles. The molecule has 2 fully saturated rings. The van der Waals surface area contributed by atoms with Gasteiger partial charge in [-0.3, -0.25) is 0 Å². The van der Waals surface area contributed by atoms with Gasteiger partial charge in [-0.1, -0.05) is 37.8 Å². The molecule has 3 aliphatic rings. The Bertz CT molecular complexity index is 297. The summed E-state index contributed by atoms with van der Waals surface area (Å²) in [5.74, 6) is 3.17. The molecule has 0 aromatic carbocycles. The molecule has 0 bridgehead atoms. The van der Waals surface area contributed by atoms with Crippen molar-refractivity contribution in [2.24, 2.45) is 17.8 Å². The minimum atomic E-state index is 0.739. The lowest BCUT2D eigenvalue weighted by Crippen LogP contribution is -2.34. The molecule has 102 valence electrons. The largest absolute Gasteiger partial charge is 0.310 e. The second kappa shape index (κ2) is 5.77. The number of likely N-dealkylation sites (N-methyl/N-ethyl adjacent to an activating group) is 1. The van der Waals surface area contributed by atoms with Crippen LogP contribution in [-0.2, 0) is 0 Å². The molecule has 0 spiro atoms. The van der Waals surface area contributed by atoms with Crippen LogP contribution in [0, 0.1) is 17.8 Å². The van der Waals surface area contributed by atoms with Gasteiger partial charge in [0.25, 0.3) is 0 Å². The van der Waals surface area contributed by atoms with E-state index in [0.717, 1.165) is 30.3 Å². The van der Waals surface area contributed by atoms with Gasteiger partial charge in [-0.05, 0) is 62.8 Å². The maximum Gasteiger partial charge on any atom is 0.0313 e. The molecule has 3 unspecified atom stereocenters. The second-order valence-electron chi connectivity index (χ2n) is 6.60. The fourth-order valence-corrected chi connectivity index (χ4v) is 4.60. The lowest BCUT2D eigenvalue weighted by atomic mass is 9.90. The zero-order valence-corrected chi connectivity index (χ0v) is 12.0. The molecule has 0 heterocycles. The Morgan fingerprint density at radius 2 is 1.89 bits per heavy atom. The Morgan fingerprint density at radius 3 is 2.67 bits per heavy atom. The molecule has 1 N–H and O–H groups in total. The predicted octanol–water partition coefficient (Wildman–Crippen LogP) is 4.29. The van der Waals surface area contributed by atoms with E-state index in [2.05, 4.69) is 18.3 Å². The van der Waals surface area contributed by atoms with Gasteiger partial charge in [-0.2, -0.15) is 0 Å². The van der Waals surface area contributed by atoms with Gasteiger partial charge in [0.1, 0.15) is 0 Å². The molecule has 2 saturated carbocycles. The van der Waals surface area contributed by atoms with Crippen LogP contribution in [0.25, 0.3) is 0 Å². The number of hydrogen-bond acceptors (Lipinski definition) is 1. The van der Waals surface area contributed by atoms with Gasteiger partial charge in [0, 0.05) is 6.04 Å². The molecule has 0 saturated heterocycles. The summed E-state index contributed by atoms with van der Waals surface area (Å²) in [6.07, 6.45) is 15.6. The van der Waals surface area contributed by atoms with E-state index in [-0.39, 0.29) is 0 Å². The van der Waals surface area contributed by atoms with E-state index >= 15 is 0 Å². The minimum Gasteiger partial charge on any atom is -0.310 e. The third-order valence-electron chi connectivity index (χ3n) is 5.51. The van der Waals surface area contributed by atoms with Crippen molar-refractivity contribution in [2.45, 2.75) is 70.8 Å². The van der Waals surface area contributed by atoms with Crippen LogP contribution in [0.15, 0.2) is 11.6 Å². The summed E-state index contributed by atoms with van der Waals surface area (Å²) in [5.41, 5.74) is 1.77. The Labute approximate surface area is 112 Å². The third-order valence-corrected chi connectivity index (χ3v) is 5.51. The first-order valence-electron chi connectivity index (χ1n) is 8.34. The normalized spacial score (nSPS) is 37.4. The molecule has 1 nitrogen and oxygen atoms in total. The van der Waals surface area contributed by atoms with E-state index < -0.39 is 0 Å². The van der Waals surface area contributed by atoms with Crippen LogP contribution in [0.4, 0.5) is 0 Å². The number of nitrogens with one attached hydrogen (secondary N) is 1. The van der Waals surface area contributed by atoms with E-state index in [1.165, 1.54) is 57.8 Å². The highest BCUT2D eigenvalue weighted by atomic mass is 14.9. The smallest absolute Gasteiger partial charge is 0.0313 e. The molecular weight excluding hydrogens is 218 g/mol. The molecule has 0 radical (unpaired) electrons. The Hall–Kier alpha value is -0.300. The fourth-order valence-electron chi connectivity index (χ4n) is 4.60. The van der Waals surface area contributed by atoms with Gasteiger partial charge in [-0.25, -0.2) is 0 Å². The molecule has 18 heavy (non-hydrogen) atoms. The van der Waals surface area contributed by atoms with Gasteiger partial charge in [-0.15, -0.1) is 0 Å². The standard InChI is InChI=1S/C17H29N/c1-2-18-17(16-14-11-8-12-15(14)16)13-9-6-4-3-5-7-10-13/h9,14-18H,2-8,10-12H2,1H3. The zero-order chi connectivity index (χ0) is 12.4. The summed E-state index contributed by atoms with van der Waals surface area (Å²) in [4.78, 5) is 0. The quantitative estimate of drug-likeness (QED) is 0.731. The highest BCUT2D eigenvalue weighted by Crippen LogP contribution is 2.60. The van der Waals surface area contributed by atoms with Crippen molar-refractivity contribution in [1.29, 1.82) is 0 Å². The van der Waals surface area contributed by atoms with Crippen molar-refractivity contribution >= 4 is 0 Å². The molecule has 3 atom stereocenters. The van der Waals surface area contributed by atoms with Crippen LogP contribution in [0.5, 0.6) is 0 Å². The first-order valence-corrected chi connectivity index (χ1v) is 8.34. The van der Waals surface area contributed by atoms with Gasteiger partial charge < -0.3 is 5.32 Å². The zero-order valence-electron chi connectivity index (χ0n) is 12.0. The molecule has 0 amide bonds. The van der Waals surface area contributed by atoms with Crippen LogP contribution in [0.1, 0.15) is 64.7 Å². The van der Waals surface area contributed by atoms with E-state index in [4.69, 9.17) is 0 Å². The van der Waals surface area contributed by atoms with Gasteiger partial charge in [0.15, 0.2) is 0 Å². The summed E-state index contributed by atoms with van der Waals surface area (Å²) >= 11 is 0. The number of fused-ring (bicyclic) bond motifs is 1. The summed E-state index contributed by atoms with van der Waals surface area (Å²) in [6.45, 7) is 3.41.